The van der Waals surface area contributed by atoms with Gasteiger partial charge in [-0.1, -0.05) is 46.6 Å². The maximum absolute atomic E-state index is 13.1. The van der Waals surface area contributed by atoms with E-state index in [4.69, 9.17) is 27.9 Å². The van der Waals surface area contributed by atoms with Crippen LogP contribution in [0.1, 0.15) is 17.3 Å². The lowest BCUT2D eigenvalue weighted by atomic mass is 10.1. The highest BCUT2D eigenvalue weighted by Crippen LogP contribution is 2.27. The van der Waals surface area contributed by atoms with Crippen molar-refractivity contribution in [1.29, 1.82) is 0 Å². The van der Waals surface area contributed by atoms with Gasteiger partial charge >= 0.3 is 17.8 Å². The zero-order valence-electron chi connectivity index (χ0n) is 19.5. The summed E-state index contributed by atoms with van der Waals surface area (Å²) in [5.41, 5.74) is -0.0713. The number of nitrogens with zero attached hydrogens (tertiary/aromatic N) is 6. The van der Waals surface area contributed by atoms with E-state index in [1.165, 1.54) is 42.3 Å². The van der Waals surface area contributed by atoms with Gasteiger partial charge < -0.3 is 9.84 Å². The second-order valence-electron chi connectivity index (χ2n) is 8.08. The van der Waals surface area contributed by atoms with Gasteiger partial charge in [-0.25, -0.2) is 19.0 Å². The predicted molar refractivity (Wildman–Crippen MR) is 130 cm³/mol. The molecule has 0 saturated heterocycles. The van der Waals surface area contributed by atoms with Gasteiger partial charge in [-0.3, -0.25) is 4.57 Å². The molecule has 38 heavy (non-hydrogen) atoms. The molecule has 0 amide bonds. The fourth-order valence-corrected chi connectivity index (χ4v) is 4.01. The number of carbonyl (C=O) groups is 1. The van der Waals surface area contributed by atoms with Crippen LogP contribution < -0.4 is 5.69 Å². The van der Waals surface area contributed by atoms with Crippen molar-refractivity contribution in [2.24, 2.45) is 0 Å². The van der Waals surface area contributed by atoms with E-state index in [1.807, 2.05) is 0 Å². The van der Waals surface area contributed by atoms with Gasteiger partial charge in [-0.05, 0) is 30.3 Å². The first-order valence-electron chi connectivity index (χ1n) is 10.9. The molecule has 0 aliphatic carbocycles. The Morgan fingerprint density at radius 3 is 2.45 bits per heavy atom. The van der Waals surface area contributed by atoms with Crippen molar-refractivity contribution < 1.29 is 27.8 Å². The highest BCUT2D eigenvalue weighted by molar-refractivity contribution is 6.31. The van der Waals surface area contributed by atoms with Crippen molar-refractivity contribution in [3.63, 3.8) is 0 Å². The molecule has 15 heteroatoms. The molecule has 2 unspecified atom stereocenters. The van der Waals surface area contributed by atoms with Crippen molar-refractivity contribution >= 4 is 29.2 Å². The summed E-state index contributed by atoms with van der Waals surface area (Å²) in [5, 5.41) is 22.4. The van der Waals surface area contributed by atoms with Crippen LogP contribution >= 0.6 is 23.2 Å². The Balaban J connectivity index is 1.71. The molecule has 0 radical (unpaired) electrons. The largest absolute Gasteiger partial charge is 0.467 e. The van der Waals surface area contributed by atoms with Crippen LogP contribution in [0.3, 0.4) is 0 Å². The average molecular weight is 571 g/mol. The number of alkyl halides is 3. The summed E-state index contributed by atoms with van der Waals surface area (Å²) in [6.45, 7) is -1.38. The standard InChI is InChI=1S/C23H19Cl2F3N6O4/c1-38-21(36)19(16-4-2-3-5-17(16)25)33-10-15(29-31-33)11-34-22(37)32(12-18(35)23(26,27)28)20(30-34)13-6-8-14(24)9-7-13/h2-10,18-19,35H,11-12H2,1H3. The molecule has 4 rings (SSSR count). The number of aliphatic hydroxyl groups excluding tert-OH is 1. The molecule has 0 fully saturated rings. The fourth-order valence-electron chi connectivity index (χ4n) is 3.65. The monoisotopic (exact) mass is 570 g/mol. The van der Waals surface area contributed by atoms with Gasteiger partial charge in [-0.2, -0.15) is 13.2 Å². The first-order valence-corrected chi connectivity index (χ1v) is 11.7. The molecular formula is C23H19Cl2F3N6O4. The quantitative estimate of drug-likeness (QED) is 0.323. The molecule has 1 N–H and O–H groups in total. The third kappa shape index (κ3) is 5.74. The van der Waals surface area contributed by atoms with E-state index < -0.39 is 36.5 Å². The maximum Gasteiger partial charge on any atom is 0.416 e. The molecule has 10 nitrogen and oxygen atoms in total. The zero-order chi connectivity index (χ0) is 27.6. The highest BCUT2D eigenvalue weighted by Gasteiger charge is 2.39. The summed E-state index contributed by atoms with van der Waals surface area (Å²) < 4.78 is 46.9. The number of hydrogen-bond donors (Lipinski definition) is 1. The van der Waals surface area contributed by atoms with Gasteiger partial charge in [0.1, 0.15) is 5.69 Å². The van der Waals surface area contributed by atoms with Crippen LogP contribution in [0.2, 0.25) is 10.0 Å². The third-order valence-corrected chi connectivity index (χ3v) is 6.11. The minimum absolute atomic E-state index is 0.120. The summed E-state index contributed by atoms with van der Waals surface area (Å²) in [6.07, 6.45) is -6.40. The first-order chi connectivity index (χ1) is 18.0. The maximum atomic E-state index is 13.1. The predicted octanol–water partition coefficient (Wildman–Crippen LogP) is 3.34. The van der Waals surface area contributed by atoms with Gasteiger partial charge in [0.2, 0.25) is 0 Å². The molecule has 200 valence electrons. The number of methoxy groups -OCH3 is 1. The Bertz CT molecular complexity index is 1500. The fraction of sp³-hybridized carbons (Fsp3) is 0.261. The molecular weight excluding hydrogens is 552 g/mol. The summed E-state index contributed by atoms with van der Waals surface area (Å²) in [6, 6.07) is 11.4. The Morgan fingerprint density at radius 2 is 1.82 bits per heavy atom. The molecule has 2 atom stereocenters. The smallest absolute Gasteiger partial charge is 0.416 e. The second-order valence-corrected chi connectivity index (χ2v) is 8.92. The Labute approximate surface area is 222 Å². The van der Waals surface area contributed by atoms with Gasteiger partial charge in [0.05, 0.1) is 26.4 Å². The van der Waals surface area contributed by atoms with Crippen LogP contribution in [0.15, 0.2) is 59.5 Å². The molecule has 2 heterocycles. The van der Waals surface area contributed by atoms with Crippen molar-refractivity contribution in [3.8, 4) is 11.4 Å². The number of ether oxygens (including phenoxy) is 1. The van der Waals surface area contributed by atoms with E-state index >= 15 is 0 Å². The number of esters is 1. The Hall–Kier alpha value is -3.68. The number of benzene rings is 2. The van der Waals surface area contributed by atoms with Crippen LogP contribution in [0.5, 0.6) is 0 Å². The van der Waals surface area contributed by atoms with Crippen LogP contribution in [0.25, 0.3) is 11.4 Å². The Morgan fingerprint density at radius 1 is 1.13 bits per heavy atom. The zero-order valence-corrected chi connectivity index (χ0v) is 21.0. The molecule has 0 saturated carbocycles. The molecule has 0 spiro atoms. The molecule has 0 aliphatic heterocycles. The molecule has 2 aromatic carbocycles. The molecule has 0 aliphatic rings. The second kappa shape index (κ2) is 11.0. The highest BCUT2D eigenvalue weighted by atomic mass is 35.5. The van der Waals surface area contributed by atoms with Crippen LogP contribution in [-0.2, 0) is 22.6 Å². The summed E-state index contributed by atoms with van der Waals surface area (Å²) >= 11 is 12.2. The van der Waals surface area contributed by atoms with Crippen molar-refractivity contribution in [2.45, 2.75) is 31.4 Å². The van der Waals surface area contributed by atoms with Crippen LogP contribution in [0, 0.1) is 0 Å². The number of aliphatic hydroxyl groups is 1. The van der Waals surface area contributed by atoms with E-state index in [0.29, 0.717) is 20.7 Å². The number of aromatic nitrogens is 6. The topological polar surface area (TPSA) is 117 Å². The van der Waals surface area contributed by atoms with Gasteiger partial charge in [0.15, 0.2) is 18.0 Å². The Kier molecular flexibility index (Phi) is 7.90. The van der Waals surface area contributed by atoms with Gasteiger partial charge in [0, 0.05) is 21.2 Å². The lowest BCUT2D eigenvalue weighted by Gasteiger charge is -2.16. The van der Waals surface area contributed by atoms with Crippen molar-refractivity contribution in [2.75, 3.05) is 7.11 Å². The minimum atomic E-state index is -4.96. The SMILES string of the molecule is COC(=O)C(c1ccccc1Cl)n1cc(Cn2nc(-c3ccc(Cl)cc3)n(CC(O)C(F)(F)F)c2=O)nn1. The van der Waals surface area contributed by atoms with E-state index in [1.54, 1.807) is 24.3 Å². The number of halogens is 5. The number of hydrogen-bond acceptors (Lipinski definition) is 7. The van der Waals surface area contributed by atoms with Crippen molar-refractivity contribution in [1.82, 2.24) is 29.3 Å². The normalized spacial score (nSPS) is 13.3. The third-order valence-electron chi connectivity index (χ3n) is 5.52. The minimum Gasteiger partial charge on any atom is -0.467 e. The molecule has 0 bridgehead atoms. The van der Waals surface area contributed by atoms with Crippen molar-refractivity contribution in [3.05, 3.63) is 86.5 Å². The summed E-state index contributed by atoms with van der Waals surface area (Å²) in [4.78, 5) is 25.6. The lowest BCUT2D eigenvalue weighted by molar-refractivity contribution is -0.207. The van der Waals surface area contributed by atoms with E-state index in [9.17, 15) is 27.9 Å². The van der Waals surface area contributed by atoms with E-state index in [-0.39, 0.29) is 23.1 Å². The summed E-state index contributed by atoms with van der Waals surface area (Å²) in [5.74, 6) is -0.798. The average Bonchev–Trinajstić information content (AvgIpc) is 3.45. The van der Waals surface area contributed by atoms with Crippen LogP contribution in [0.4, 0.5) is 13.2 Å². The first kappa shape index (κ1) is 27.4. The summed E-state index contributed by atoms with van der Waals surface area (Å²) in [7, 11) is 1.20. The lowest BCUT2D eigenvalue weighted by Crippen LogP contribution is -2.37. The molecule has 2 aromatic heterocycles. The van der Waals surface area contributed by atoms with Crippen LogP contribution in [-0.4, -0.2) is 59.8 Å². The van der Waals surface area contributed by atoms with Gasteiger partial charge in [0.25, 0.3) is 0 Å². The van der Waals surface area contributed by atoms with E-state index in [0.717, 1.165) is 4.68 Å². The van der Waals surface area contributed by atoms with Gasteiger partial charge in [-0.15, -0.1) is 10.2 Å². The number of rotatable bonds is 8. The number of carbonyl (C=O) groups excluding carboxylic acids is 1. The molecule has 4 aromatic rings. The van der Waals surface area contributed by atoms with E-state index in [2.05, 4.69) is 15.4 Å².